The van der Waals surface area contributed by atoms with E-state index in [1.807, 2.05) is 31.3 Å². The van der Waals surface area contributed by atoms with E-state index in [1.165, 1.54) is 5.56 Å². The second-order valence-electron chi connectivity index (χ2n) is 6.40. The highest BCUT2D eigenvalue weighted by atomic mass is 16.5. The molecule has 1 aliphatic heterocycles. The molecule has 120 valence electrons. The topological polar surface area (TPSA) is 53.3 Å². The summed E-state index contributed by atoms with van der Waals surface area (Å²) in [6, 6.07) is 10.1. The van der Waals surface area contributed by atoms with Crippen LogP contribution in [0.4, 0.5) is 5.69 Å². The van der Waals surface area contributed by atoms with E-state index in [0.717, 1.165) is 11.4 Å². The first-order valence-corrected chi connectivity index (χ1v) is 7.65. The third kappa shape index (κ3) is 3.14. The predicted octanol–water partition coefficient (Wildman–Crippen LogP) is 3.70. The molecule has 2 rings (SSSR count). The number of likely N-dealkylation sites (N-methyl/N-ethyl adjacent to an activating group) is 1. The summed E-state index contributed by atoms with van der Waals surface area (Å²) in [5.41, 5.74) is 3.21. The number of hydrogen-bond acceptors (Lipinski definition) is 4. The predicted molar refractivity (Wildman–Crippen MR) is 90.9 cm³/mol. The highest BCUT2D eigenvalue weighted by Crippen LogP contribution is 2.46. The second-order valence-corrected chi connectivity index (χ2v) is 6.40. The quantitative estimate of drug-likeness (QED) is 0.485. The van der Waals surface area contributed by atoms with Gasteiger partial charge in [0.15, 0.2) is 0 Å². The largest absolute Gasteiger partial charge is 0.459 e. The Labute approximate surface area is 137 Å². The lowest BCUT2D eigenvalue weighted by molar-refractivity contribution is -0.142. The van der Waals surface area contributed by atoms with Gasteiger partial charge in [-0.3, -0.25) is 0 Å². The monoisotopic (exact) mass is 310 g/mol. The molecule has 0 fully saturated rings. The average Bonchev–Trinajstić information content (AvgIpc) is 2.68. The van der Waals surface area contributed by atoms with Crippen LogP contribution in [-0.4, -0.2) is 19.1 Å². The number of benzene rings is 1. The minimum atomic E-state index is -0.588. The molecule has 4 nitrogen and oxygen atoms in total. The van der Waals surface area contributed by atoms with Crippen LogP contribution in [-0.2, 0) is 14.9 Å². The van der Waals surface area contributed by atoms with Crippen LogP contribution in [0.3, 0.4) is 0 Å². The zero-order chi connectivity index (χ0) is 17.2. The van der Waals surface area contributed by atoms with Gasteiger partial charge in [-0.1, -0.05) is 32.0 Å². The van der Waals surface area contributed by atoms with Crippen LogP contribution in [0, 0.1) is 11.3 Å². The number of ether oxygens (including phenoxy) is 1. The van der Waals surface area contributed by atoms with Crippen LogP contribution in [0.25, 0.3) is 0 Å². The lowest BCUT2D eigenvalue weighted by atomic mass is 9.83. The molecular formula is C19H22N2O2. The van der Waals surface area contributed by atoms with E-state index >= 15 is 0 Å². The lowest BCUT2D eigenvalue weighted by Gasteiger charge is -2.23. The van der Waals surface area contributed by atoms with E-state index in [9.17, 15) is 10.1 Å². The van der Waals surface area contributed by atoms with Crippen molar-refractivity contribution in [3.8, 4) is 6.07 Å². The first kappa shape index (κ1) is 16.8. The molecule has 0 unspecified atom stereocenters. The van der Waals surface area contributed by atoms with E-state index in [0.29, 0.717) is 0 Å². The van der Waals surface area contributed by atoms with E-state index in [4.69, 9.17) is 4.74 Å². The van der Waals surface area contributed by atoms with Crippen molar-refractivity contribution < 1.29 is 9.53 Å². The molecular weight excluding hydrogens is 288 g/mol. The Morgan fingerprint density at radius 3 is 2.57 bits per heavy atom. The van der Waals surface area contributed by atoms with Crippen molar-refractivity contribution in [2.24, 2.45) is 0 Å². The third-order valence-corrected chi connectivity index (χ3v) is 4.03. The first-order chi connectivity index (χ1) is 10.8. The number of anilines is 1. The van der Waals surface area contributed by atoms with Crippen molar-refractivity contribution in [1.82, 2.24) is 0 Å². The molecule has 0 saturated heterocycles. The molecule has 0 amide bonds. The fraction of sp³-hybridized carbons (Fsp3) is 0.368. The summed E-state index contributed by atoms with van der Waals surface area (Å²) in [5.74, 6) is -0.588. The van der Waals surface area contributed by atoms with Gasteiger partial charge in [-0.15, -0.1) is 0 Å². The molecule has 0 N–H and O–H groups in total. The lowest BCUT2D eigenvalue weighted by Crippen LogP contribution is -2.22. The summed E-state index contributed by atoms with van der Waals surface area (Å²) in [6.45, 7) is 7.78. The number of rotatable bonds is 3. The molecule has 1 aliphatic rings. The van der Waals surface area contributed by atoms with Gasteiger partial charge in [-0.05, 0) is 37.6 Å². The number of nitrogens with zero attached hydrogens (tertiary/aromatic N) is 2. The molecule has 0 aromatic heterocycles. The molecule has 23 heavy (non-hydrogen) atoms. The molecule has 0 saturated carbocycles. The molecule has 4 heteroatoms. The van der Waals surface area contributed by atoms with Crippen molar-refractivity contribution >= 4 is 11.7 Å². The summed E-state index contributed by atoms with van der Waals surface area (Å²) in [6.07, 6.45) is 3.13. The van der Waals surface area contributed by atoms with Gasteiger partial charge >= 0.3 is 5.97 Å². The second kappa shape index (κ2) is 6.29. The maximum Gasteiger partial charge on any atom is 0.349 e. The van der Waals surface area contributed by atoms with E-state index in [2.05, 4.69) is 30.9 Å². The van der Waals surface area contributed by atoms with Crippen LogP contribution in [0.5, 0.6) is 0 Å². The highest BCUT2D eigenvalue weighted by Gasteiger charge is 2.37. The van der Waals surface area contributed by atoms with Crippen LogP contribution in [0.1, 0.15) is 33.3 Å². The highest BCUT2D eigenvalue weighted by molar-refractivity contribution is 5.93. The number of allylic oxidation sites excluding steroid dienone is 3. The Morgan fingerprint density at radius 2 is 2.00 bits per heavy atom. The zero-order valence-electron chi connectivity index (χ0n) is 14.3. The van der Waals surface area contributed by atoms with Crippen LogP contribution >= 0.6 is 0 Å². The van der Waals surface area contributed by atoms with E-state index in [-0.39, 0.29) is 17.1 Å². The van der Waals surface area contributed by atoms with E-state index in [1.54, 1.807) is 19.9 Å². The van der Waals surface area contributed by atoms with Gasteiger partial charge in [-0.2, -0.15) is 5.26 Å². The van der Waals surface area contributed by atoms with Crippen molar-refractivity contribution in [1.29, 1.82) is 5.26 Å². The Kier molecular flexibility index (Phi) is 4.60. The minimum absolute atomic E-state index is 0.00589. The number of nitriles is 1. The summed E-state index contributed by atoms with van der Waals surface area (Å²) in [5, 5.41) is 9.19. The van der Waals surface area contributed by atoms with Gasteiger partial charge < -0.3 is 9.64 Å². The number of carbonyl (C=O) groups is 1. The molecule has 1 aromatic rings. The molecule has 0 bridgehead atoms. The van der Waals surface area contributed by atoms with Crippen molar-refractivity contribution in [3.63, 3.8) is 0 Å². The van der Waals surface area contributed by atoms with Crippen LogP contribution in [0.2, 0.25) is 0 Å². The molecule has 0 radical (unpaired) electrons. The van der Waals surface area contributed by atoms with Gasteiger partial charge in [0.25, 0.3) is 0 Å². The third-order valence-electron chi connectivity index (χ3n) is 4.03. The number of fused-ring (bicyclic) bond motifs is 1. The molecule has 0 spiro atoms. The maximum absolute atomic E-state index is 11.9. The summed E-state index contributed by atoms with van der Waals surface area (Å²) < 4.78 is 5.09. The van der Waals surface area contributed by atoms with Crippen molar-refractivity contribution in [2.75, 3.05) is 11.9 Å². The van der Waals surface area contributed by atoms with Crippen LogP contribution in [0.15, 0.2) is 47.7 Å². The molecule has 1 heterocycles. The number of carbonyl (C=O) groups excluding carboxylic acids is 1. The number of hydrogen-bond donors (Lipinski definition) is 0. The molecule has 0 aliphatic carbocycles. The van der Waals surface area contributed by atoms with E-state index < -0.39 is 5.97 Å². The Bertz CT molecular complexity index is 721. The minimum Gasteiger partial charge on any atom is -0.459 e. The number of para-hydroxylation sites is 1. The Hall–Kier alpha value is -2.54. The average molecular weight is 310 g/mol. The standard InChI is InChI=1S/C19H22N2O2/c1-13(2)23-18(22)14(12-20)10-11-17-19(3,4)15-8-6-7-9-16(15)21(17)5/h6-11,13H,1-5H3/b14-10+,17-11+. The Morgan fingerprint density at radius 1 is 1.35 bits per heavy atom. The normalized spacial score (nSPS) is 18.0. The van der Waals surface area contributed by atoms with Crippen molar-refractivity contribution in [3.05, 3.63) is 53.3 Å². The summed E-state index contributed by atoms with van der Waals surface area (Å²) in [4.78, 5) is 14.0. The summed E-state index contributed by atoms with van der Waals surface area (Å²) >= 11 is 0. The fourth-order valence-corrected chi connectivity index (χ4v) is 2.89. The molecule has 1 aromatic carbocycles. The molecule has 0 atom stereocenters. The first-order valence-electron chi connectivity index (χ1n) is 7.65. The van der Waals surface area contributed by atoms with Crippen LogP contribution < -0.4 is 4.90 Å². The fourth-order valence-electron chi connectivity index (χ4n) is 2.89. The number of esters is 1. The van der Waals surface area contributed by atoms with Crippen molar-refractivity contribution in [2.45, 2.75) is 39.2 Å². The van der Waals surface area contributed by atoms with Gasteiger partial charge in [0.2, 0.25) is 0 Å². The van der Waals surface area contributed by atoms with Gasteiger partial charge in [0, 0.05) is 23.8 Å². The zero-order valence-corrected chi connectivity index (χ0v) is 14.3. The van der Waals surface area contributed by atoms with Gasteiger partial charge in [-0.25, -0.2) is 4.79 Å². The SMILES string of the molecule is CC(C)OC(=O)/C(C#N)=C/C=C1/N(C)c2ccccc2C1(C)C. The van der Waals surface area contributed by atoms with Gasteiger partial charge in [0.05, 0.1) is 6.10 Å². The smallest absolute Gasteiger partial charge is 0.349 e. The summed E-state index contributed by atoms with van der Waals surface area (Å²) in [7, 11) is 1.99. The maximum atomic E-state index is 11.9. The van der Waals surface area contributed by atoms with Gasteiger partial charge in [0.1, 0.15) is 11.6 Å². The Balaban J connectivity index is 2.39.